The van der Waals surface area contributed by atoms with Crippen molar-refractivity contribution >= 4 is 11.8 Å². The number of hydrogen-bond donors (Lipinski definition) is 0. The van der Waals surface area contributed by atoms with Gasteiger partial charge in [-0.05, 0) is 36.0 Å². The Morgan fingerprint density at radius 2 is 1.64 bits per heavy atom. The van der Waals surface area contributed by atoms with E-state index >= 15 is 0 Å². The van der Waals surface area contributed by atoms with Gasteiger partial charge in [-0.25, -0.2) is 0 Å². The van der Waals surface area contributed by atoms with Gasteiger partial charge < -0.3 is 9.80 Å². The van der Waals surface area contributed by atoms with E-state index in [-0.39, 0.29) is 11.8 Å². The number of rotatable bonds is 5. The van der Waals surface area contributed by atoms with Crippen molar-refractivity contribution in [3.8, 4) is 11.1 Å². The highest BCUT2D eigenvalue weighted by atomic mass is 16.2. The van der Waals surface area contributed by atoms with Crippen LogP contribution in [0.1, 0.15) is 31.7 Å². The molecule has 0 unspecified atom stereocenters. The average molecular weight is 379 g/mol. The van der Waals surface area contributed by atoms with Gasteiger partial charge in [0.1, 0.15) is 0 Å². The van der Waals surface area contributed by atoms with E-state index in [0.717, 1.165) is 24.9 Å². The summed E-state index contributed by atoms with van der Waals surface area (Å²) in [5, 5.41) is 0. The number of benzene rings is 2. The van der Waals surface area contributed by atoms with Gasteiger partial charge in [0.05, 0.1) is 5.41 Å². The number of amides is 2. The van der Waals surface area contributed by atoms with Crippen LogP contribution in [0.3, 0.4) is 0 Å². The fourth-order valence-corrected chi connectivity index (χ4v) is 4.27. The Kier molecular flexibility index (Phi) is 6.18. The van der Waals surface area contributed by atoms with Crippen molar-refractivity contribution in [2.75, 3.05) is 27.2 Å². The summed E-state index contributed by atoms with van der Waals surface area (Å²) in [4.78, 5) is 29.0. The summed E-state index contributed by atoms with van der Waals surface area (Å²) in [5.74, 6) is 0.253. The van der Waals surface area contributed by atoms with Crippen molar-refractivity contribution in [2.45, 2.75) is 32.6 Å². The van der Waals surface area contributed by atoms with Crippen molar-refractivity contribution in [3.05, 3.63) is 60.2 Å². The Hall–Kier alpha value is -2.62. The molecule has 28 heavy (non-hydrogen) atoms. The molecule has 148 valence electrons. The topological polar surface area (TPSA) is 40.6 Å². The smallest absolute Gasteiger partial charge is 0.230 e. The lowest BCUT2D eigenvalue weighted by Gasteiger charge is -2.43. The van der Waals surface area contributed by atoms with E-state index in [2.05, 4.69) is 36.4 Å². The molecule has 1 aliphatic rings. The van der Waals surface area contributed by atoms with Gasteiger partial charge in [0, 0.05) is 33.6 Å². The molecule has 1 aliphatic heterocycles. The van der Waals surface area contributed by atoms with Crippen molar-refractivity contribution in [1.82, 2.24) is 9.80 Å². The molecule has 0 aromatic heterocycles. The fourth-order valence-electron chi connectivity index (χ4n) is 4.27. The first-order chi connectivity index (χ1) is 13.4. The third-order valence-corrected chi connectivity index (χ3v) is 5.70. The highest BCUT2D eigenvalue weighted by molar-refractivity contribution is 5.84. The summed E-state index contributed by atoms with van der Waals surface area (Å²) in [5.41, 5.74) is 2.95. The minimum absolute atomic E-state index is 0.119. The molecule has 0 saturated carbocycles. The average Bonchev–Trinajstić information content (AvgIpc) is 2.73. The molecule has 4 heteroatoms. The zero-order valence-corrected chi connectivity index (χ0v) is 17.1. The molecule has 2 aromatic carbocycles. The van der Waals surface area contributed by atoms with E-state index in [1.54, 1.807) is 4.90 Å². The second-order valence-electron chi connectivity index (χ2n) is 7.99. The standard InChI is InChI=1S/C24H30N2O2/c1-4-22(27)26-16-8-15-24(18-26,23(28)25(2)3)17-19-11-13-21(14-12-19)20-9-6-5-7-10-20/h5-7,9-14H,4,8,15-18H2,1-3H3/t24-/m1/s1. The van der Waals surface area contributed by atoms with Crippen molar-refractivity contribution in [2.24, 2.45) is 5.41 Å². The molecule has 0 radical (unpaired) electrons. The maximum atomic E-state index is 13.2. The van der Waals surface area contributed by atoms with Gasteiger partial charge in [-0.2, -0.15) is 0 Å². The van der Waals surface area contributed by atoms with E-state index in [1.807, 2.05) is 44.1 Å². The number of carbonyl (C=O) groups excluding carboxylic acids is 2. The SMILES string of the molecule is CCC(=O)N1CCC[C@](Cc2ccc(-c3ccccc3)cc2)(C(=O)N(C)C)C1. The second kappa shape index (κ2) is 8.59. The fraction of sp³-hybridized carbons (Fsp3) is 0.417. The highest BCUT2D eigenvalue weighted by Crippen LogP contribution is 2.36. The van der Waals surface area contributed by atoms with E-state index in [1.165, 1.54) is 11.1 Å². The summed E-state index contributed by atoms with van der Waals surface area (Å²) in [6.45, 7) is 3.15. The Morgan fingerprint density at radius 1 is 1.00 bits per heavy atom. The molecular formula is C24H30N2O2. The van der Waals surface area contributed by atoms with Crippen LogP contribution in [0.4, 0.5) is 0 Å². The first-order valence-corrected chi connectivity index (χ1v) is 10.1. The molecule has 3 rings (SSSR count). The van der Waals surface area contributed by atoms with Gasteiger partial charge in [0.15, 0.2) is 0 Å². The maximum absolute atomic E-state index is 13.2. The molecule has 1 saturated heterocycles. The largest absolute Gasteiger partial charge is 0.348 e. The van der Waals surface area contributed by atoms with Crippen LogP contribution in [-0.4, -0.2) is 48.8 Å². The van der Waals surface area contributed by atoms with Crippen LogP contribution in [0.2, 0.25) is 0 Å². The predicted molar refractivity (Wildman–Crippen MR) is 113 cm³/mol. The zero-order chi connectivity index (χ0) is 20.1. The third-order valence-electron chi connectivity index (χ3n) is 5.70. The molecule has 0 aliphatic carbocycles. The molecule has 0 N–H and O–H groups in total. The number of carbonyl (C=O) groups is 2. The summed E-state index contributed by atoms with van der Waals surface area (Å²) in [7, 11) is 3.62. The molecule has 1 heterocycles. The maximum Gasteiger partial charge on any atom is 0.230 e. The summed E-state index contributed by atoms with van der Waals surface area (Å²) >= 11 is 0. The minimum Gasteiger partial charge on any atom is -0.348 e. The van der Waals surface area contributed by atoms with Crippen molar-refractivity contribution in [3.63, 3.8) is 0 Å². The number of piperidine rings is 1. The van der Waals surface area contributed by atoms with Gasteiger partial charge in [-0.1, -0.05) is 61.5 Å². The van der Waals surface area contributed by atoms with Gasteiger partial charge >= 0.3 is 0 Å². The number of hydrogen-bond acceptors (Lipinski definition) is 2. The van der Waals surface area contributed by atoms with Crippen LogP contribution < -0.4 is 0 Å². The normalized spacial score (nSPS) is 19.3. The molecule has 0 bridgehead atoms. The number of nitrogens with zero attached hydrogens (tertiary/aromatic N) is 2. The van der Waals surface area contributed by atoms with Crippen LogP contribution in [-0.2, 0) is 16.0 Å². The van der Waals surface area contributed by atoms with Gasteiger partial charge in [0.2, 0.25) is 11.8 Å². The molecular weight excluding hydrogens is 348 g/mol. The van der Waals surface area contributed by atoms with Gasteiger partial charge in [0.25, 0.3) is 0 Å². The van der Waals surface area contributed by atoms with Crippen LogP contribution in [0.25, 0.3) is 11.1 Å². The quantitative estimate of drug-likeness (QED) is 0.789. The predicted octanol–water partition coefficient (Wildman–Crippen LogP) is 4.00. The minimum atomic E-state index is -0.541. The first kappa shape index (κ1) is 20.1. The van der Waals surface area contributed by atoms with Crippen LogP contribution in [0.5, 0.6) is 0 Å². The molecule has 1 fully saturated rings. The Labute approximate surface area is 168 Å². The third kappa shape index (κ3) is 4.27. The molecule has 2 amide bonds. The van der Waals surface area contributed by atoms with E-state index < -0.39 is 5.41 Å². The van der Waals surface area contributed by atoms with Crippen LogP contribution >= 0.6 is 0 Å². The van der Waals surface area contributed by atoms with E-state index in [4.69, 9.17) is 0 Å². The van der Waals surface area contributed by atoms with Crippen molar-refractivity contribution in [1.29, 1.82) is 0 Å². The second-order valence-corrected chi connectivity index (χ2v) is 7.99. The Balaban J connectivity index is 1.86. The van der Waals surface area contributed by atoms with Crippen molar-refractivity contribution < 1.29 is 9.59 Å². The lowest BCUT2D eigenvalue weighted by Crippen LogP contribution is -2.54. The first-order valence-electron chi connectivity index (χ1n) is 10.1. The lowest BCUT2D eigenvalue weighted by atomic mass is 9.73. The summed E-state index contributed by atoms with van der Waals surface area (Å²) in [6, 6.07) is 18.8. The highest BCUT2D eigenvalue weighted by Gasteiger charge is 2.44. The molecule has 2 aromatic rings. The molecule has 0 spiro atoms. The van der Waals surface area contributed by atoms with Crippen LogP contribution in [0, 0.1) is 5.41 Å². The zero-order valence-electron chi connectivity index (χ0n) is 17.1. The number of likely N-dealkylation sites (tertiary alicyclic amines) is 1. The Bertz CT molecular complexity index is 814. The summed E-state index contributed by atoms with van der Waals surface area (Å²) in [6.07, 6.45) is 2.83. The monoisotopic (exact) mass is 378 g/mol. The Morgan fingerprint density at radius 3 is 2.25 bits per heavy atom. The molecule has 1 atom stereocenters. The lowest BCUT2D eigenvalue weighted by molar-refractivity contribution is -0.147. The molecule has 4 nitrogen and oxygen atoms in total. The van der Waals surface area contributed by atoms with E-state index in [0.29, 0.717) is 19.4 Å². The van der Waals surface area contributed by atoms with E-state index in [9.17, 15) is 9.59 Å². The van der Waals surface area contributed by atoms with Crippen LogP contribution in [0.15, 0.2) is 54.6 Å². The summed E-state index contributed by atoms with van der Waals surface area (Å²) < 4.78 is 0. The van der Waals surface area contributed by atoms with Gasteiger partial charge in [-0.3, -0.25) is 9.59 Å². The van der Waals surface area contributed by atoms with Gasteiger partial charge in [-0.15, -0.1) is 0 Å².